The van der Waals surface area contributed by atoms with Crippen molar-refractivity contribution in [2.24, 2.45) is 0 Å². The Balaban J connectivity index is 2.26. The predicted molar refractivity (Wildman–Crippen MR) is 71.7 cm³/mol. The maximum absolute atomic E-state index is 11.2. The van der Waals surface area contributed by atoms with Crippen LogP contribution in [0, 0.1) is 0 Å². The molecule has 0 atom stereocenters. The van der Waals surface area contributed by atoms with E-state index in [1.54, 1.807) is 6.20 Å². The highest BCUT2D eigenvalue weighted by Gasteiger charge is 2.06. The number of amides is 1. The second-order valence-corrected chi connectivity index (χ2v) is 3.80. The molecular formula is C15H14N2O. The molecule has 2 aromatic rings. The van der Waals surface area contributed by atoms with Crippen molar-refractivity contribution in [2.75, 3.05) is 0 Å². The summed E-state index contributed by atoms with van der Waals surface area (Å²) in [5, 5.41) is 2.76. The standard InChI is InChI=1S/C15H14N2O/c1-2-14(18)17-11-13-9-6-10-16-15(13)12-7-4-3-5-8-12/h2-10H,1,11H2,(H,17,18). The lowest BCUT2D eigenvalue weighted by molar-refractivity contribution is -0.116. The number of pyridine rings is 1. The zero-order valence-electron chi connectivity index (χ0n) is 9.97. The maximum Gasteiger partial charge on any atom is 0.243 e. The Bertz CT molecular complexity index is 549. The average molecular weight is 238 g/mol. The lowest BCUT2D eigenvalue weighted by Gasteiger charge is -2.08. The molecule has 0 bridgehead atoms. The third kappa shape index (κ3) is 2.83. The van der Waals surface area contributed by atoms with Crippen LogP contribution in [0.2, 0.25) is 0 Å². The Hall–Kier alpha value is -2.42. The van der Waals surface area contributed by atoms with E-state index in [1.807, 2.05) is 42.5 Å². The summed E-state index contributed by atoms with van der Waals surface area (Å²) < 4.78 is 0. The first-order chi connectivity index (χ1) is 8.81. The predicted octanol–water partition coefficient (Wildman–Crippen LogP) is 2.55. The molecule has 1 heterocycles. The van der Waals surface area contributed by atoms with Gasteiger partial charge in [0.15, 0.2) is 0 Å². The van der Waals surface area contributed by atoms with E-state index in [2.05, 4.69) is 16.9 Å². The second-order valence-electron chi connectivity index (χ2n) is 3.80. The van der Waals surface area contributed by atoms with Crippen LogP contribution in [-0.2, 0) is 11.3 Å². The quantitative estimate of drug-likeness (QED) is 0.832. The summed E-state index contributed by atoms with van der Waals surface area (Å²) >= 11 is 0. The monoisotopic (exact) mass is 238 g/mol. The van der Waals surface area contributed by atoms with Crippen LogP contribution in [0.1, 0.15) is 5.56 Å². The highest BCUT2D eigenvalue weighted by molar-refractivity contribution is 5.86. The highest BCUT2D eigenvalue weighted by atomic mass is 16.1. The van der Waals surface area contributed by atoms with Gasteiger partial charge < -0.3 is 5.32 Å². The number of aromatic nitrogens is 1. The van der Waals surface area contributed by atoms with E-state index in [4.69, 9.17) is 0 Å². The van der Waals surface area contributed by atoms with Gasteiger partial charge in [-0.15, -0.1) is 0 Å². The van der Waals surface area contributed by atoms with Crippen LogP contribution in [-0.4, -0.2) is 10.9 Å². The van der Waals surface area contributed by atoms with Crippen molar-refractivity contribution >= 4 is 5.91 Å². The number of nitrogens with one attached hydrogen (secondary N) is 1. The molecule has 0 spiro atoms. The van der Waals surface area contributed by atoms with Gasteiger partial charge in [-0.1, -0.05) is 43.0 Å². The Kier molecular flexibility index (Phi) is 3.86. The summed E-state index contributed by atoms with van der Waals surface area (Å²) in [5.74, 6) is -0.183. The fraction of sp³-hybridized carbons (Fsp3) is 0.0667. The second kappa shape index (κ2) is 5.77. The average Bonchev–Trinajstić information content (AvgIpc) is 2.46. The fourth-order valence-corrected chi connectivity index (χ4v) is 1.69. The minimum absolute atomic E-state index is 0.183. The third-order valence-corrected chi connectivity index (χ3v) is 2.58. The molecule has 0 unspecified atom stereocenters. The molecule has 90 valence electrons. The van der Waals surface area contributed by atoms with Gasteiger partial charge in [0.25, 0.3) is 0 Å². The molecule has 0 fully saturated rings. The molecule has 0 saturated heterocycles. The molecule has 3 heteroatoms. The number of rotatable bonds is 4. The minimum atomic E-state index is -0.183. The van der Waals surface area contributed by atoms with Gasteiger partial charge >= 0.3 is 0 Å². The van der Waals surface area contributed by atoms with Gasteiger partial charge in [-0.25, -0.2) is 0 Å². The van der Waals surface area contributed by atoms with E-state index >= 15 is 0 Å². The summed E-state index contributed by atoms with van der Waals surface area (Å²) in [4.78, 5) is 15.6. The Morgan fingerprint density at radius 3 is 2.72 bits per heavy atom. The van der Waals surface area contributed by atoms with Crippen molar-refractivity contribution in [3.8, 4) is 11.3 Å². The van der Waals surface area contributed by atoms with E-state index in [-0.39, 0.29) is 5.91 Å². The molecule has 0 aliphatic heterocycles. The number of hydrogen-bond donors (Lipinski definition) is 1. The molecule has 0 radical (unpaired) electrons. The summed E-state index contributed by atoms with van der Waals surface area (Å²) in [5.41, 5.74) is 2.92. The summed E-state index contributed by atoms with van der Waals surface area (Å²) in [6, 6.07) is 13.7. The minimum Gasteiger partial charge on any atom is -0.348 e. The third-order valence-electron chi connectivity index (χ3n) is 2.58. The normalized spacial score (nSPS) is 9.78. The first-order valence-electron chi connectivity index (χ1n) is 5.71. The van der Waals surface area contributed by atoms with Crippen LogP contribution < -0.4 is 5.32 Å². The van der Waals surface area contributed by atoms with Crippen molar-refractivity contribution in [2.45, 2.75) is 6.54 Å². The molecular weight excluding hydrogens is 224 g/mol. The van der Waals surface area contributed by atoms with Gasteiger partial charge in [0, 0.05) is 18.3 Å². The first kappa shape index (κ1) is 12.0. The van der Waals surface area contributed by atoms with Gasteiger partial charge in [0.2, 0.25) is 5.91 Å². The molecule has 3 nitrogen and oxygen atoms in total. The zero-order valence-corrected chi connectivity index (χ0v) is 9.97. The largest absolute Gasteiger partial charge is 0.348 e. The van der Waals surface area contributed by atoms with Crippen molar-refractivity contribution < 1.29 is 4.79 Å². The van der Waals surface area contributed by atoms with Crippen molar-refractivity contribution in [3.05, 3.63) is 66.9 Å². The van der Waals surface area contributed by atoms with E-state index in [0.717, 1.165) is 16.8 Å². The molecule has 0 saturated carbocycles. The summed E-state index contributed by atoms with van der Waals surface area (Å²) in [6.45, 7) is 3.87. The molecule has 1 aromatic carbocycles. The maximum atomic E-state index is 11.2. The topological polar surface area (TPSA) is 42.0 Å². The van der Waals surface area contributed by atoms with E-state index in [9.17, 15) is 4.79 Å². The number of nitrogens with zero attached hydrogens (tertiary/aromatic N) is 1. The Morgan fingerprint density at radius 1 is 1.22 bits per heavy atom. The summed E-state index contributed by atoms with van der Waals surface area (Å²) in [7, 11) is 0. The van der Waals surface area contributed by atoms with E-state index < -0.39 is 0 Å². The van der Waals surface area contributed by atoms with Gasteiger partial charge in [-0.2, -0.15) is 0 Å². The highest BCUT2D eigenvalue weighted by Crippen LogP contribution is 2.20. The summed E-state index contributed by atoms with van der Waals surface area (Å²) in [6.07, 6.45) is 3.01. The zero-order chi connectivity index (χ0) is 12.8. The number of hydrogen-bond acceptors (Lipinski definition) is 2. The van der Waals surface area contributed by atoms with Gasteiger partial charge in [-0.3, -0.25) is 9.78 Å². The molecule has 0 aliphatic rings. The Labute approximate surface area is 106 Å². The van der Waals surface area contributed by atoms with Crippen LogP contribution in [0.3, 0.4) is 0 Å². The molecule has 1 aromatic heterocycles. The molecule has 2 rings (SSSR count). The van der Waals surface area contributed by atoms with Crippen molar-refractivity contribution in [3.63, 3.8) is 0 Å². The van der Waals surface area contributed by atoms with E-state index in [1.165, 1.54) is 6.08 Å². The molecule has 1 amide bonds. The van der Waals surface area contributed by atoms with Crippen LogP contribution in [0.15, 0.2) is 61.3 Å². The molecule has 0 aliphatic carbocycles. The van der Waals surface area contributed by atoms with Crippen LogP contribution in [0.5, 0.6) is 0 Å². The lowest BCUT2D eigenvalue weighted by atomic mass is 10.1. The SMILES string of the molecule is C=CC(=O)NCc1cccnc1-c1ccccc1. The first-order valence-corrected chi connectivity index (χ1v) is 5.71. The Morgan fingerprint density at radius 2 is 2.00 bits per heavy atom. The van der Waals surface area contributed by atoms with Crippen LogP contribution in [0.4, 0.5) is 0 Å². The lowest BCUT2D eigenvalue weighted by Crippen LogP contribution is -2.20. The van der Waals surface area contributed by atoms with Gasteiger partial charge in [0.05, 0.1) is 5.69 Å². The van der Waals surface area contributed by atoms with Crippen molar-refractivity contribution in [1.82, 2.24) is 10.3 Å². The molecule has 18 heavy (non-hydrogen) atoms. The number of carbonyl (C=O) groups excluding carboxylic acids is 1. The smallest absolute Gasteiger partial charge is 0.243 e. The number of carbonyl (C=O) groups is 1. The van der Waals surface area contributed by atoms with Crippen LogP contribution >= 0.6 is 0 Å². The fourth-order valence-electron chi connectivity index (χ4n) is 1.69. The van der Waals surface area contributed by atoms with E-state index in [0.29, 0.717) is 6.54 Å². The van der Waals surface area contributed by atoms with Crippen LogP contribution in [0.25, 0.3) is 11.3 Å². The molecule has 1 N–H and O–H groups in total. The van der Waals surface area contributed by atoms with Gasteiger partial charge in [-0.05, 0) is 17.7 Å². The number of benzene rings is 1. The van der Waals surface area contributed by atoms with Gasteiger partial charge in [0.1, 0.15) is 0 Å². The van der Waals surface area contributed by atoms with Crippen molar-refractivity contribution in [1.29, 1.82) is 0 Å².